The second-order valence-electron chi connectivity index (χ2n) is 17.9. The van der Waals surface area contributed by atoms with Crippen LogP contribution >= 0.6 is 0 Å². The van der Waals surface area contributed by atoms with E-state index in [1.165, 1.54) is 48.5 Å². The first-order chi connectivity index (χ1) is 34.8. The average Bonchev–Trinajstić information content (AvgIpc) is 3.78. The summed E-state index contributed by atoms with van der Waals surface area (Å²) in [4.78, 5) is 68.4. The molecule has 6 rings (SSSR count). The van der Waals surface area contributed by atoms with Crippen molar-refractivity contribution in [3.8, 4) is 11.1 Å². The summed E-state index contributed by atoms with van der Waals surface area (Å²) in [5.74, 6) is -1.72. The zero-order valence-corrected chi connectivity index (χ0v) is 42.6. The lowest BCUT2D eigenvalue weighted by molar-refractivity contribution is -0.155. The fourth-order valence-corrected chi connectivity index (χ4v) is 9.70. The lowest BCUT2D eigenvalue weighted by Gasteiger charge is -2.21. The number of nitrogens with zero attached hydrogens (tertiary/aromatic N) is 3. The van der Waals surface area contributed by atoms with Crippen LogP contribution in [0.4, 0.5) is 4.79 Å². The number of benzene rings is 4. The van der Waals surface area contributed by atoms with Crippen LogP contribution in [-0.2, 0) is 61.8 Å². The standard InChI is InChI=1S/C50H61N9O12S2/c1-50(2,3)71-45(60)24-22-41(57-49(64)70-33-34-10-6-5-7-11-34)47(62)53-26-27-56-72(65,66)39-18-13-35(14-19-39)36-15-20-40(21-16-36)73(67,68)58-42(48(63)69-4)32-54-46(61)37-17-23-43-38(30-37)31-55-59(43)29-28-52-44-12-8-9-25-51-44/h5-7,10-11,13-21,23,30-31,41-42,56,58H,8-9,12,22,24-29,32-33H2,1-4H3,(H,51,52)(H,53,62)(H,54,61)(H,57,64)/t41-,42-/m0/s1. The van der Waals surface area contributed by atoms with E-state index in [-0.39, 0.29) is 47.9 Å². The molecule has 1 aliphatic heterocycles. The molecule has 6 N–H and O–H groups in total. The Morgan fingerprint density at radius 3 is 2.11 bits per heavy atom. The number of carbonyl (C=O) groups is 5. The second-order valence-corrected chi connectivity index (χ2v) is 21.4. The number of fused-ring (bicyclic) bond motifs is 1. The number of aromatic nitrogens is 2. The van der Waals surface area contributed by atoms with Gasteiger partial charge in [0.1, 0.15) is 24.3 Å². The van der Waals surface area contributed by atoms with Gasteiger partial charge in [0.25, 0.3) is 5.91 Å². The number of methoxy groups -OCH3 is 1. The summed E-state index contributed by atoms with van der Waals surface area (Å²) in [6.45, 7) is 6.30. The highest BCUT2D eigenvalue weighted by atomic mass is 32.2. The Kier molecular flexibility index (Phi) is 19.2. The maximum atomic E-state index is 13.5. The van der Waals surface area contributed by atoms with Crippen LogP contribution in [0.2, 0.25) is 0 Å². The van der Waals surface area contributed by atoms with Gasteiger partial charge in [0, 0.05) is 56.5 Å². The fourth-order valence-electron chi connectivity index (χ4n) is 7.48. The molecule has 0 saturated heterocycles. The molecule has 1 aromatic heterocycles. The molecule has 0 saturated carbocycles. The Morgan fingerprint density at radius 1 is 0.781 bits per heavy atom. The van der Waals surface area contributed by atoms with Gasteiger partial charge >= 0.3 is 18.0 Å². The molecular weight excluding hydrogens is 983 g/mol. The summed E-state index contributed by atoms with van der Waals surface area (Å²) in [6, 6.07) is 22.7. The zero-order chi connectivity index (χ0) is 52.6. The minimum absolute atomic E-state index is 0.0554. The van der Waals surface area contributed by atoms with Crippen LogP contribution in [0.3, 0.4) is 0 Å². The van der Waals surface area contributed by atoms with Crippen molar-refractivity contribution in [3.05, 3.63) is 114 Å². The van der Waals surface area contributed by atoms with Crippen molar-refractivity contribution in [2.75, 3.05) is 39.8 Å². The van der Waals surface area contributed by atoms with Gasteiger partial charge < -0.3 is 35.5 Å². The van der Waals surface area contributed by atoms with E-state index in [4.69, 9.17) is 14.2 Å². The number of ether oxygens (including phenoxy) is 3. The number of amides is 3. The van der Waals surface area contributed by atoms with Gasteiger partial charge in [-0.3, -0.25) is 28.9 Å². The number of esters is 2. The van der Waals surface area contributed by atoms with Crippen LogP contribution < -0.4 is 30.7 Å². The molecule has 0 spiro atoms. The van der Waals surface area contributed by atoms with Crippen molar-refractivity contribution < 1.29 is 55.0 Å². The molecule has 0 fully saturated rings. The Labute approximate surface area is 424 Å². The number of amidine groups is 1. The van der Waals surface area contributed by atoms with Crippen LogP contribution in [0.1, 0.15) is 68.8 Å². The minimum Gasteiger partial charge on any atom is -0.468 e. The van der Waals surface area contributed by atoms with Crippen molar-refractivity contribution in [2.45, 2.75) is 93.5 Å². The molecule has 1 aliphatic rings. The Bertz CT molecular complexity index is 2980. The summed E-state index contributed by atoms with van der Waals surface area (Å²) in [6.07, 6.45) is 3.60. The van der Waals surface area contributed by atoms with E-state index in [1.807, 2.05) is 10.7 Å². The lowest BCUT2D eigenvalue weighted by atomic mass is 10.1. The summed E-state index contributed by atoms with van der Waals surface area (Å²) in [5, 5.41) is 16.2. The van der Waals surface area contributed by atoms with Gasteiger partial charge in [-0.2, -0.15) is 9.82 Å². The van der Waals surface area contributed by atoms with Crippen LogP contribution in [-0.4, -0.2) is 120 Å². The summed E-state index contributed by atoms with van der Waals surface area (Å²) in [7, 11) is -7.30. The molecule has 5 aromatic rings. The highest BCUT2D eigenvalue weighted by Crippen LogP contribution is 2.24. The SMILES string of the molecule is COC(=O)[C@H](CNC(=O)c1ccc2c(cnn2CCNC2=NCCCC2)c1)NS(=O)(=O)c1ccc(-c2ccc(S(=O)(=O)NCCNC(=O)[C@H](CCC(=O)OC(C)(C)C)NC(=O)OCc3ccccc3)cc2)cc1. The molecule has 0 aliphatic carbocycles. The van der Waals surface area contributed by atoms with Crippen molar-refractivity contribution in [1.82, 2.24) is 40.5 Å². The molecule has 2 heterocycles. The zero-order valence-electron chi connectivity index (χ0n) is 41.0. The second kappa shape index (κ2) is 25.4. The van der Waals surface area contributed by atoms with Gasteiger partial charge in [0.2, 0.25) is 26.0 Å². The number of carbonyl (C=O) groups excluding carboxylic acids is 5. The van der Waals surface area contributed by atoms with Crippen LogP contribution in [0.25, 0.3) is 22.0 Å². The first-order valence-corrected chi connectivity index (χ1v) is 26.5. The lowest BCUT2D eigenvalue weighted by Crippen LogP contribution is -2.48. The average molecular weight is 1040 g/mol. The van der Waals surface area contributed by atoms with Gasteiger partial charge in [-0.1, -0.05) is 54.6 Å². The van der Waals surface area contributed by atoms with E-state index < -0.39 is 74.1 Å². The molecule has 4 aromatic carbocycles. The summed E-state index contributed by atoms with van der Waals surface area (Å²) in [5.41, 5.74) is 2.16. The third-order valence-electron chi connectivity index (χ3n) is 11.2. The molecule has 73 heavy (non-hydrogen) atoms. The van der Waals surface area contributed by atoms with E-state index in [9.17, 15) is 40.8 Å². The number of hydrogen-bond donors (Lipinski definition) is 6. The van der Waals surface area contributed by atoms with E-state index in [0.717, 1.165) is 55.2 Å². The maximum Gasteiger partial charge on any atom is 0.408 e. The third kappa shape index (κ3) is 16.7. The smallest absolute Gasteiger partial charge is 0.408 e. The fraction of sp³-hybridized carbons (Fsp3) is 0.380. The number of aliphatic imine (C=N–C) groups is 1. The summed E-state index contributed by atoms with van der Waals surface area (Å²) >= 11 is 0. The first kappa shape index (κ1) is 55.1. The number of hydrogen-bond acceptors (Lipinski definition) is 15. The molecule has 3 amide bonds. The maximum absolute atomic E-state index is 13.5. The number of rotatable bonds is 23. The van der Waals surface area contributed by atoms with E-state index in [0.29, 0.717) is 24.2 Å². The Hall–Kier alpha value is -7.21. The quantitative estimate of drug-likeness (QED) is 0.0307. The molecule has 23 heteroatoms. The van der Waals surface area contributed by atoms with Gasteiger partial charge in [-0.05, 0) is 99.2 Å². The number of sulfonamides is 2. The number of nitrogens with one attached hydrogen (secondary N) is 6. The summed E-state index contributed by atoms with van der Waals surface area (Å²) < 4.78 is 75.3. The molecule has 390 valence electrons. The van der Waals surface area contributed by atoms with Crippen LogP contribution in [0.15, 0.2) is 118 Å². The Balaban J connectivity index is 0.985. The highest BCUT2D eigenvalue weighted by Gasteiger charge is 2.28. The molecule has 0 unspecified atom stereocenters. The van der Waals surface area contributed by atoms with Crippen molar-refractivity contribution in [2.24, 2.45) is 4.99 Å². The predicted octanol–water partition coefficient (Wildman–Crippen LogP) is 3.94. The molecule has 2 atom stereocenters. The topological polar surface area (TPSA) is 284 Å². The third-order valence-corrected chi connectivity index (χ3v) is 14.2. The minimum atomic E-state index is -4.33. The molecular formula is C50H61N9O12S2. The van der Waals surface area contributed by atoms with Crippen molar-refractivity contribution in [1.29, 1.82) is 0 Å². The number of alkyl carbamates (subject to hydrolysis) is 1. The van der Waals surface area contributed by atoms with Crippen molar-refractivity contribution >= 4 is 66.6 Å². The first-order valence-electron chi connectivity index (χ1n) is 23.6. The van der Waals surface area contributed by atoms with Gasteiger partial charge in [0.15, 0.2) is 0 Å². The van der Waals surface area contributed by atoms with E-state index in [1.54, 1.807) is 69.4 Å². The van der Waals surface area contributed by atoms with Gasteiger partial charge in [0.05, 0.1) is 41.0 Å². The molecule has 21 nitrogen and oxygen atoms in total. The van der Waals surface area contributed by atoms with Gasteiger partial charge in [-0.25, -0.2) is 26.4 Å². The van der Waals surface area contributed by atoms with Crippen LogP contribution in [0.5, 0.6) is 0 Å². The predicted molar refractivity (Wildman–Crippen MR) is 271 cm³/mol. The van der Waals surface area contributed by atoms with E-state index >= 15 is 0 Å². The van der Waals surface area contributed by atoms with E-state index in [2.05, 4.69) is 40.8 Å². The molecule has 0 radical (unpaired) electrons. The van der Waals surface area contributed by atoms with Gasteiger partial charge in [-0.15, -0.1) is 0 Å². The Morgan fingerprint density at radius 2 is 1.47 bits per heavy atom. The van der Waals surface area contributed by atoms with Crippen LogP contribution in [0, 0.1) is 0 Å². The highest BCUT2D eigenvalue weighted by molar-refractivity contribution is 7.89. The molecule has 0 bridgehead atoms. The monoisotopic (exact) mass is 1040 g/mol. The largest absolute Gasteiger partial charge is 0.468 e. The van der Waals surface area contributed by atoms with Crippen molar-refractivity contribution in [3.63, 3.8) is 0 Å². The normalized spacial score (nSPS) is 13.7.